The van der Waals surface area contributed by atoms with Crippen molar-refractivity contribution >= 4 is 34.4 Å². The van der Waals surface area contributed by atoms with Crippen LogP contribution in [0.1, 0.15) is 25.0 Å². The molecule has 1 aromatic heterocycles. The van der Waals surface area contributed by atoms with E-state index in [0.29, 0.717) is 0 Å². The Hall–Kier alpha value is -3.90. The van der Waals surface area contributed by atoms with Crippen LogP contribution in [0, 0.1) is 0 Å². The predicted molar refractivity (Wildman–Crippen MR) is 150 cm³/mol. The zero-order valence-electron chi connectivity index (χ0n) is 20.8. The highest BCUT2D eigenvalue weighted by molar-refractivity contribution is 8.00. The number of hydrogen-bond acceptors (Lipinski definition) is 5. The first-order valence-corrected chi connectivity index (χ1v) is 12.8. The van der Waals surface area contributed by atoms with Crippen LogP contribution in [0.5, 0.6) is 11.5 Å². The number of rotatable bonds is 4. The number of aromatic nitrogens is 2. The summed E-state index contributed by atoms with van der Waals surface area (Å²) < 4.78 is 10.6. The molecule has 0 fully saturated rings. The second kappa shape index (κ2) is 8.35. The highest BCUT2D eigenvalue weighted by Gasteiger charge is 2.35. The van der Waals surface area contributed by atoms with Crippen molar-refractivity contribution in [2.75, 3.05) is 17.1 Å². The molecule has 0 saturated carbocycles. The molecule has 0 bridgehead atoms. The van der Waals surface area contributed by atoms with Crippen LogP contribution in [-0.2, 0) is 12.5 Å². The lowest BCUT2D eigenvalue weighted by Gasteiger charge is -2.35. The van der Waals surface area contributed by atoms with E-state index in [1.165, 1.54) is 0 Å². The van der Waals surface area contributed by atoms with Gasteiger partial charge in [0.05, 0.1) is 22.4 Å². The summed E-state index contributed by atoms with van der Waals surface area (Å²) in [6.07, 6.45) is 0. The molecule has 0 aliphatic carbocycles. The van der Waals surface area contributed by atoms with E-state index in [1.807, 2.05) is 43.4 Å². The monoisotopic (exact) mass is 492 g/mol. The van der Waals surface area contributed by atoms with Gasteiger partial charge in [-0.3, -0.25) is 0 Å². The van der Waals surface area contributed by atoms with Crippen LogP contribution in [0.15, 0.2) is 89.8 Å². The summed E-state index contributed by atoms with van der Waals surface area (Å²) in [4.78, 5) is 6.04. The minimum Gasteiger partial charge on any atom is -0.457 e. The number of nitrogen functional groups attached to an aromatic ring is 1. The van der Waals surface area contributed by atoms with Gasteiger partial charge in [-0.2, -0.15) is 0 Å². The van der Waals surface area contributed by atoms with Gasteiger partial charge in [-0.15, -0.1) is 0 Å². The van der Waals surface area contributed by atoms with Gasteiger partial charge >= 0.3 is 0 Å². The Morgan fingerprint density at radius 3 is 2.36 bits per heavy atom. The molecule has 0 unspecified atom stereocenters. The minimum absolute atomic E-state index is 0.246. The van der Waals surface area contributed by atoms with Gasteiger partial charge in [0.1, 0.15) is 17.3 Å². The number of fused-ring (bicyclic) bond motifs is 3. The second-order valence-electron chi connectivity index (χ2n) is 9.73. The maximum Gasteiger partial charge on any atom is 0.140 e. The first-order chi connectivity index (χ1) is 17.3. The zero-order chi connectivity index (χ0) is 25.0. The molecule has 180 valence electrons. The second-order valence-corrected chi connectivity index (χ2v) is 10.9. The average molecular weight is 493 g/mol. The number of aryl methyl sites for hydroxylation is 1. The van der Waals surface area contributed by atoms with E-state index in [2.05, 4.69) is 78.3 Å². The fourth-order valence-electron chi connectivity index (χ4n) is 5.04. The van der Waals surface area contributed by atoms with Crippen LogP contribution >= 0.6 is 11.9 Å². The van der Waals surface area contributed by atoms with Gasteiger partial charge in [0.15, 0.2) is 0 Å². The van der Waals surface area contributed by atoms with Crippen molar-refractivity contribution in [3.05, 3.63) is 96.1 Å². The van der Waals surface area contributed by atoms with Gasteiger partial charge < -0.3 is 19.3 Å². The number of benzene rings is 4. The van der Waals surface area contributed by atoms with Gasteiger partial charge in [0.2, 0.25) is 0 Å². The van der Waals surface area contributed by atoms with Gasteiger partial charge in [-0.05, 0) is 72.6 Å². The molecule has 0 spiro atoms. The fraction of sp³-hybridized carbons (Fsp3) is 0.167. The van der Waals surface area contributed by atoms with Crippen LogP contribution in [0.2, 0.25) is 0 Å². The lowest BCUT2D eigenvalue weighted by atomic mass is 9.75. The minimum atomic E-state index is -0.246. The quantitative estimate of drug-likeness (QED) is 0.209. The number of anilines is 2. The Balaban J connectivity index is 1.37. The van der Waals surface area contributed by atoms with Crippen LogP contribution in [0.3, 0.4) is 0 Å². The maximum atomic E-state index is 6.39. The number of para-hydroxylation sites is 4. The lowest BCUT2D eigenvalue weighted by Crippen LogP contribution is -2.24. The van der Waals surface area contributed by atoms with E-state index >= 15 is 0 Å². The summed E-state index contributed by atoms with van der Waals surface area (Å²) in [6.45, 7) is 4.53. The summed E-state index contributed by atoms with van der Waals surface area (Å²) in [7, 11) is 4.11. The van der Waals surface area contributed by atoms with Gasteiger partial charge in [-0.25, -0.2) is 4.98 Å². The van der Waals surface area contributed by atoms with E-state index in [0.717, 1.165) is 61.3 Å². The van der Waals surface area contributed by atoms with Gasteiger partial charge in [0, 0.05) is 41.1 Å². The van der Waals surface area contributed by atoms with Gasteiger partial charge in [-0.1, -0.05) is 38.1 Å². The number of ether oxygens (including phenoxy) is 1. The van der Waals surface area contributed by atoms with Crippen LogP contribution in [0.25, 0.3) is 22.4 Å². The van der Waals surface area contributed by atoms with E-state index in [4.69, 9.17) is 15.5 Å². The van der Waals surface area contributed by atoms with E-state index in [1.54, 1.807) is 11.9 Å². The van der Waals surface area contributed by atoms with Crippen molar-refractivity contribution in [3.8, 4) is 22.9 Å². The van der Waals surface area contributed by atoms with Crippen LogP contribution in [-0.4, -0.2) is 16.6 Å². The molecule has 0 atom stereocenters. The Kier molecular flexibility index (Phi) is 5.23. The third-order valence-electron chi connectivity index (χ3n) is 7.06. The molecule has 5 aromatic rings. The molecule has 0 radical (unpaired) electrons. The van der Waals surface area contributed by atoms with Crippen molar-refractivity contribution in [2.45, 2.75) is 24.2 Å². The highest BCUT2D eigenvalue weighted by atomic mass is 32.2. The Bertz CT molecular complexity index is 1620. The topological polar surface area (TPSA) is 56.3 Å². The third kappa shape index (κ3) is 3.60. The smallest absolute Gasteiger partial charge is 0.140 e. The van der Waals surface area contributed by atoms with Crippen molar-refractivity contribution in [3.63, 3.8) is 0 Å². The molecule has 6 heteroatoms. The largest absolute Gasteiger partial charge is 0.457 e. The molecular formula is C30H28N4OS. The Morgan fingerprint density at radius 1 is 0.889 bits per heavy atom. The summed E-state index contributed by atoms with van der Waals surface area (Å²) >= 11 is 1.65. The van der Waals surface area contributed by atoms with Crippen LogP contribution < -0.4 is 14.8 Å². The number of imidazole rings is 1. The molecule has 6 rings (SSSR count). The summed E-state index contributed by atoms with van der Waals surface area (Å²) in [5.41, 5.74) is 13.2. The first-order valence-electron chi connectivity index (χ1n) is 12.0. The van der Waals surface area contributed by atoms with E-state index in [9.17, 15) is 0 Å². The molecule has 2 heterocycles. The van der Waals surface area contributed by atoms with Crippen LogP contribution in [0.4, 0.5) is 11.4 Å². The molecular weight excluding hydrogens is 464 g/mol. The molecule has 0 amide bonds. The maximum absolute atomic E-state index is 6.39. The van der Waals surface area contributed by atoms with Crippen molar-refractivity contribution in [2.24, 2.45) is 7.05 Å². The Labute approximate surface area is 215 Å². The normalized spacial score (nSPS) is 13.7. The van der Waals surface area contributed by atoms with E-state index in [-0.39, 0.29) is 5.41 Å². The number of nitrogens with zero attached hydrogens (tertiary/aromatic N) is 3. The lowest BCUT2D eigenvalue weighted by molar-refractivity contribution is 0.417. The van der Waals surface area contributed by atoms with Crippen molar-refractivity contribution < 1.29 is 4.74 Å². The SMILES string of the molecule is CN(Sc1ccc2c(c1)C(C)(C)c1cc(-c3nc4ccccc4n3C)ccc1O2)c1ccccc1N. The number of hydrogen-bond donors (Lipinski definition) is 1. The van der Waals surface area contributed by atoms with E-state index < -0.39 is 0 Å². The average Bonchev–Trinajstić information content (AvgIpc) is 3.21. The standard InChI is InChI=1S/C30H28N4OS/c1-30(2)21-17-19(29-32-24-10-6-8-12-26(24)33(29)3)13-15-27(21)35-28-16-14-20(18-22(28)30)36-34(4)25-11-7-5-9-23(25)31/h5-18H,31H2,1-4H3. The molecule has 5 nitrogen and oxygen atoms in total. The highest BCUT2D eigenvalue weighted by Crippen LogP contribution is 2.50. The molecule has 2 N–H and O–H groups in total. The summed E-state index contributed by atoms with van der Waals surface area (Å²) in [5.74, 6) is 2.74. The molecule has 1 aliphatic heterocycles. The molecule has 4 aromatic carbocycles. The van der Waals surface area contributed by atoms with Crippen molar-refractivity contribution in [1.82, 2.24) is 9.55 Å². The van der Waals surface area contributed by atoms with Crippen molar-refractivity contribution in [1.29, 1.82) is 0 Å². The third-order valence-corrected chi connectivity index (χ3v) is 8.00. The first kappa shape index (κ1) is 22.6. The molecule has 1 aliphatic rings. The summed E-state index contributed by atoms with van der Waals surface area (Å²) in [6, 6.07) is 29.0. The number of nitrogens with two attached hydrogens (primary N) is 1. The zero-order valence-corrected chi connectivity index (χ0v) is 21.6. The molecule has 0 saturated heterocycles. The Morgan fingerprint density at radius 2 is 1.58 bits per heavy atom. The molecule has 36 heavy (non-hydrogen) atoms. The fourth-order valence-corrected chi connectivity index (χ4v) is 5.92. The summed E-state index contributed by atoms with van der Waals surface area (Å²) in [5, 5.41) is 0. The predicted octanol–water partition coefficient (Wildman–Crippen LogP) is 7.40. The van der Waals surface area contributed by atoms with Gasteiger partial charge in [0.25, 0.3) is 0 Å².